The lowest BCUT2D eigenvalue weighted by Gasteiger charge is -2.29. The standard InChI is InChI=1S/C22H28N2O3/c1-15-5-6-19(16(2)11-15)23-22(25)8-10-24-9-7-17-12-20(26-3)21(27-4)13-18(17)14-24/h5-6,11-13H,7-10,14H2,1-4H3,(H,23,25). The van der Waals surface area contributed by atoms with Gasteiger partial charge in [-0.15, -0.1) is 0 Å². The number of benzene rings is 2. The first kappa shape index (κ1) is 19.2. The summed E-state index contributed by atoms with van der Waals surface area (Å²) >= 11 is 0. The fourth-order valence-corrected chi connectivity index (χ4v) is 3.56. The first-order valence-corrected chi connectivity index (χ1v) is 9.33. The van der Waals surface area contributed by atoms with Crippen molar-refractivity contribution in [2.24, 2.45) is 0 Å². The van der Waals surface area contributed by atoms with Crippen molar-refractivity contribution in [1.82, 2.24) is 4.90 Å². The highest BCUT2D eigenvalue weighted by Gasteiger charge is 2.20. The van der Waals surface area contributed by atoms with Gasteiger partial charge in [-0.2, -0.15) is 0 Å². The van der Waals surface area contributed by atoms with Crippen molar-refractivity contribution < 1.29 is 14.3 Å². The molecule has 0 saturated heterocycles. The van der Waals surface area contributed by atoms with Crippen LogP contribution in [-0.2, 0) is 17.8 Å². The van der Waals surface area contributed by atoms with E-state index in [4.69, 9.17) is 9.47 Å². The van der Waals surface area contributed by atoms with Crippen LogP contribution in [0.4, 0.5) is 5.69 Å². The van der Waals surface area contributed by atoms with Crippen LogP contribution in [0.3, 0.4) is 0 Å². The molecule has 1 aliphatic rings. The number of anilines is 1. The lowest BCUT2D eigenvalue weighted by molar-refractivity contribution is -0.116. The summed E-state index contributed by atoms with van der Waals surface area (Å²) in [4.78, 5) is 14.7. The van der Waals surface area contributed by atoms with Gasteiger partial charge in [0.15, 0.2) is 11.5 Å². The average Bonchev–Trinajstić information content (AvgIpc) is 2.67. The highest BCUT2D eigenvalue weighted by atomic mass is 16.5. The molecule has 2 aromatic rings. The van der Waals surface area contributed by atoms with Crippen LogP contribution in [0.5, 0.6) is 11.5 Å². The molecule has 1 amide bonds. The van der Waals surface area contributed by atoms with Crippen molar-refractivity contribution in [2.75, 3.05) is 32.6 Å². The molecule has 0 fully saturated rings. The second kappa shape index (κ2) is 8.44. The summed E-state index contributed by atoms with van der Waals surface area (Å²) in [5.41, 5.74) is 5.73. The van der Waals surface area contributed by atoms with E-state index in [9.17, 15) is 4.79 Å². The number of nitrogens with one attached hydrogen (secondary N) is 1. The molecule has 5 nitrogen and oxygen atoms in total. The summed E-state index contributed by atoms with van der Waals surface area (Å²) in [6.45, 7) is 6.58. The normalized spacial score (nSPS) is 13.8. The third-order valence-electron chi connectivity index (χ3n) is 5.11. The number of aryl methyl sites for hydroxylation is 2. The number of nitrogens with zero attached hydrogens (tertiary/aromatic N) is 1. The van der Waals surface area contributed by atoms with Crippen LogP contribution in [-0.4, -0.2) is 38.1 Å². The monoisotopic (exact) mass is 368 g/mol. The predicted octanol–water partition coefficient (Wildman–Crippen LogP) is 3.71. The van der Waals surface area contributed by atoms with Crippen LogP contribution >= 0.6 is 0 Å². The fraction of sp³-hybridized carbons (Fsp3) is 0.409. The van der Waals surface area contributed by atoms with Crippen LogP contribution in [0.2, 0.25) is 0 Å². The van der Waals surface area contributed by atoms with Gasteiger partial charge in [-0.05, 0) is 55.2 Å². The van der Waals surface area contributed by atoms with E-state index in [1.165, 1.54) is 16.7 Å². The fourth-order valence-electron chi connectivity index (χ4n) is 3.56. The zero-order valence-electron chi connectivity index (χ0n) is 16.6. The summed E-state index contributed by atoms with van der Waals surface area (Å²) in [6, 6.07) is 10.2. The number of amides is 1. The first-order chi connectivity index (χ1) is 13.0. The Labute approximate surface area is 161 Å². The molecule has 5 heteroatoms. The minimum atomic E-state index is 0.0556. The number of carbonyl (C=O) groups excluding carboxylic acids is 1. The van der Waals surface area contributed by atoms with Crippen molar-refractivity contribution in [2.45, 2.75) is 33.2 Å². The zero-order chi connectivity index (χ0) is 19.4. The van der Waals surface area contributed by atoms with Crippen molar-refractivity contribution in [1.29, 1.82) is 0 Å². The van der Waals surface area contributed by atoms with Crippen molar-refractivity contribution >= 4 is 11.6 Å². The van der Waals surface area contributed by atoms with Crippen molar-refractivity contribution in [3.8, 4) is 11.5 Å². The largest absolute Gasteiger partial charge is 0.493 e. The molecule has 1 N–H and O–H groups in total. The number of rotatable bonds is 6. The molecule has 0 radical (unpaired) electrons. The Kier molecular flexibility index (Phi) is 6.01. The van der Waals surface area contributed by atoms with Gasteiger partial charge < -0.3 is 14.8 Å². The lowest BCUT2D eigenvalue weighted by Crippen LogP contribution is -2.33. The number of fused-ring (bicyclic) bond motifs is 1. The van der Waals surface area contributed by atoms with E-state index in [2.05, 4.69) is 35.3 Å². The van der Waals surface area contributed by atoms with Gasteiger partial charge in [0.25, 0.3) is 0 Å². The molecule has 0 aromatic heterocycles. The Morgan fingerprint density at radius 3 is 2.44 bits per heavy atom. The van der Waals surface area contributed by atoms with Crippen LogP contribution in [0.1, 0.15) is 28.7 Å². The molecule has 144 valence electrons. The number of hydrogen-bond acceptors (Lipinski definition) is 4. The Hall–Kier alpha value is -2.53. The predicted molar refractivity (Wildman–Crippen MR) is 108 cm³/mol. The van der Waals surface area contributed by atoms with E-state index in [1.807, 2.05) is 19.1 Å². The highest BCUT2D eigenvalue weighted by Crippen LogP contribution is 2.33. The molecule has 1 heterocycles. The number of hydrogen-bond donors (Lipinski definition) is 1. The minimum Gasteiger partial charge on any atom is -0.493 e. The van der Waals surface area contributed by atoms with Gasteiger partial charge in [-0.25, -0.2) is 0 Å². The van der Waals surface area contributed by atoms with E-state index < -0.39 is 0 Å². The Bertz CT molecular complexity index is 833. The smallest absolute Gasteiger partial charge is 0.225 e. The maximum Gasteiger partial charge on any atom is 0.225 e. The van der Waals surface area contributed by atoms with Gasteiger partial charge in [0, 0.05) is 31.7 Å². The Morgan fingerprint density at radius 1 is 1.07 bits per heavy atom. The molecule has 1 aliphatic heterocycles. The minimum absolute atomic E-state index is 0.0556. The molecule has 0 unspecified atom stereocenters. The Morgan fingerprint density at radius 2 is 1.78 bits per heavy atom. The maximum absolute atomic E-state index is 12.3. The lowest BCUT2D eigenvalue weighted by atomic mass is 9.98. The van der Waals surface area contributed by atoms with Gasteiger partial charge in [0.2, 0.25) is 5.91 Å². The zero-order valence-corrected chi connectivity index (χ0v) is 16.6. The average molecular weight is 368 g/mol. The summed E-state index contributed by atoms with van der Waals surface area (Å²) in [6.07, 6.45) is 1.43. The van der Waals surface area contributed by atoms with Crippen molar-refractivity contribution in [3.63, 3.8) is 0 Å². The van der Waals surface area contributed by atoms with E-state index >= 15 is 0 Å². The quantitative estimate of drug-likeness (QED) is 0.845. The van der Waals surface area contributed by atoms with Gasteiger partial charge in [-0.1, -0.05) is 17.7 Å². The Balaban J connectivity index is 1.57. The first-order valence-electron chi connectivity index (χ1n) is 9.33. The van der Waals surface area contributed by atoms with E-state index in [0.29, 0.717) is 6.42 Å². The van der Waals surface area contributed by atoms with Crippen LogP contribution in [0, 0.1) is 13.8 Å². The molecule has 0 bridgehead atoms. The third kappa shape index (κ3) is 4.61. The third-order valence-corrected chi connectivity index (χ3v) is 5.11. The number of carbonyl (C=O) groups is 1. The summed E-state index contributed by atoms with van der Waals surface area (Å²) in [7, 11) is 3.32. The summed E-state index contributed by atoms with van der Waals surface area (Å²) in [5, 5.41) is 3.03. The molecule has 3 rings (SSSR count). The molecule has 0 aliphatic carbocycles. The van der Waals surface area contributed by atoms with Gasteiger partial charge in [-0.3, -0.25) is 9.69 Å². The summed E-state index contributed by atoms with van der Waals surface area (Å²) in [5.74, 6) is 1.59. The maximum atomic E-state index is 12.3. The number of methoxy groups -OCH3 is 2. The van der Waals surface area contributed by atoms with E-state index in [0.717, 1.165) is 48.8 Å². The molecule has 2 aromatic carbocycles. The number of ether oxygens (including phenoxy) is 2. The molecule has 0 spiro atoms. The molecule has 27 heavy (non-hydrogen) atoms. The van der Waals surface area contributed by atoms with Crippen LogP contribution in [0.25, 0.3) is 0 Å². The van der Waals surface area contributed by atoms with Crippen molar-refractivity contribution in [3.05, 3.63) is 52.6 Å². The molecular weight excluding hydrogens is 340 g/mol. The SMILES string of the molecule is COc1cc2c(cc1OC)CN(CCC(=O)Nc1ccc(C)cc1C)CC2. The molecular formula is C22H28N2O3. The second-order valence-electron chi connectivity index (χ2n) is 7.12. The highest BCUT2D eigenvalue weighted by molar-refractivity contribution is 5.91. The second-order valence-corrected chi connectivity index (χ2v) is 7.12. The molecule has 0 atom stereocenters. The van der Waals surface area contributed by atoms with E-state index in [1.54, 1.807) is 14.2 Å². The van der Waals surface area contributed by atoms with Gasteiger partial charge in [0.05, 0.1) is 14.2 Å². The molecule has 0 saturated carbocycles. The van der Waals surface area contributed by atoms with Gasteiger partial charge >= 0.3 is 0 Å². The summed E-state index contributed by atoms with van der Waals surface area (Å²) < 4.78 is 10.8. The topological polar surface area (TPSA) is 50.8 Å². The van der Waals surface area contributed by atoms with Gasteiger partial charge in [0.1, 0.15) is 0 Å². The van der Waals surface area contributed by atoms with E-state index in [-0.39, 0.29) is 5.91 Å². The van der Waals surface area contributed by atoms with Crippen LogP contribution < -0.4 is 14.8 Å². The van der Waals surface area contributed by atoms with Crippen LogP contribution in [0.15, 0.2) is 30.3 Å².